The Hall–Kier alpha value is -1.31. The summed E-state index contributed by atoms with van der Waals surface area (Å²) < 4.78 is 0. The molecule has 1 N–H and O–H groups in total. The van der Waals surface area contributed by atoms with E-state index < -0.39 is 11.4 Å². The first-order chi connectivity index (χ1) is 8.84. The van der Waals surface area contributed by atoms with Gasteiger partial charge in [-0.3, -0.25) is 4.79 Å². The van der Waals surface area contributed by atoms with Crippen LogP contribution < -0.4 is 0 Å². The highest BCUT2D eigenvalue weighted by Gasteiger charge is 2.44. The van der Waals surface area contributed by atoms with Crippen molar-refractivity contribution in [2.45, 2.75) is 53.4 Å². The summed E-state index contributed by atoms with van der Waals surface area (Å²) in [5, 5.41) is 9.68. The highest BCUT2D eigenvalue weighted by atomic mass is 16.4. The Morgan fingerprint density at radius 1 is 1.32 bits per heavy atom. The zero-order valence-corrected chi connectivity index (χ0v) is 12.4. The monoisotopic (exact) mass is 260 g/mol. The molecule has 0 saturated heterocycles. The molecule has 1 aromatic rings. The van der Waals surface area contributed by atoms with Crippen molar-refractivity contribution in [2.24, 2.45) is 11.3 Å². The Balaban J connectivity index is 2.36. The minimum atomic E-state index is -0.615. The first-order valence-corrected chi connectivity index (χ1v) is 7.14. The van der Waals surface area contributed by atoms with Crippen LogP contribution in [0.3, 0.4) is 0 Å². The summed E-state index contributed by atoms with van der Waals surface area (Å²) in [4.78, 5) is 11.8. The maximum Gasteiger partial charge on any atom is 0.309 e. The lowest BCUT2D eigenvalue weighted by Gasteiger charge is -2.26. The van der Waals surface area contributed by atoms with E-state index in [4.69, 9.17) is 0 Å². The molecule has 1 aliphatic carbocycles. The first-order valence-electron chi connectivity index (χ1n) is 7.14. The van der Waals surface area contributed by atoms with Crippen molar-refractivity contribution >= 4 is 5.97 Å². The number of aryl methyl sites for hydroxylation is 3. The van der Waals surface area contributed by atoms with E-state index in [-0.39, 0.29) is 0 Å². The number of carboxylic acids is 1. The zero-order chi connectivity index (χ0) is 14.2. The SMILES string of the molecule is Cc1cc(C)c(CC2(C(=O)O)CCC(C)C2)c(C)c1. The van der Waals surface area contributed by atoms with Gasteiger partial charge in [-0.1, -0.05) is 24.6 Å². The van der Waals surface area contributed by atoms with Crippen molar-refractivity contribution in [3.8, 4) is 0 Å². The summed E-state index contributed by atoms with van der Waals surface area (Å²) in [7, 11) is 0. The predicted molar refractivity (Wildman–Crippen MR) is 77.4 cm³/mol. The molecule has 2 unspecified atom stereocenters. The van der Waals surface area contributed by atoms with Crippen LogP contribution in [0.2, 0.25) is 0 Å². The molecule has 1 fully saturated rings. The fourth-order valence-electron chi connectivity index (χ4n) is 3.65. The zero-order valence-electron chi connectivity index (χ0n) is 12.4. The van der Waals surface area contributed by atoms with Crippen LogP contribution in [0.1, 0.15) is 48.4 Å². The van der Waals surface area contributed by atoms with E-state index in [0.29, 0.717) is 12.3 Å². The summed E-state index contributed by atoms with van der Waals surface area (Å²) in [6.45, 7) is 8.46. The fraction of sp³-hybridized carbons (Fsp3) is 0.588. The Bertz CT molecular complexity index is 481. The number of hydrogen-bond acceptors (Lipinski definition) is 1. The number of rotatable bonds is 3. The minimum absolute atomic E-state index is 0.530. The van der Waals surface area contributed by atoms with E-state index in [0.717, 1.165) is 19.3 Å². The molecule has 0 heterocycles. The van der Waals surface area contributed by atoms with Crippen molar-refractivity contribution in [1.29, 1.82) is 0 Å². The van der Waals surface area contributed by atoms with Gasteiger partial charge in [0.25, 0.3) is 0 Å². The molecule has 19 heavy (non-hydrogen) atoms. The lowest BCUT2D eigenvalue weighted by molar-refractivity contribution is -0.148. The summed E-state index contributed by atoms with van der Waals surface area (Å²) in [6.07, 6.45) is 3.35. The van der Waals surface area contributed by atoms with Crippen LogP contribution in [0.25, 0.3) is 0 Å². The molecular weight excluding hydrogens is 236 g/mol. The third-order valence-electron chi connectivity index (χ3n) is 4.66. The van der Waals surface area contributed by atoms with Gasteiger partial charge in [0.15, 0.2) is 0 Å². The molecule has 1 aliphatic rings. The molecule has 0 radical (unpaired) electrons. The molecule has 0 aliphatic heterocycles. The average molecular weight is 260 g/mol. The highest BCUT2D eigenvalue weighted by Crippen LogP contribution is 2.45. The Labute approximate surface area is 115 Å². The van der Waals surface area contributed by atoms with Crippen LogP contribution in [0.15, 0.2) is 12.1 Å². The van der Waals surface area contributed by atoms with Crippen LogP contribution in [0, 0.1) is 32.1 Å². The molecule has 1 saturated carbocycles. The van der Waals surface area contributed by atoms with Gasteiger partial charge in [-0.25, -0.2) is 0 Å². The molecule has 0 aromatic heterocycles. The number of carboxylic acid groups (broad SMARTS) is 1. The van der Waals surface area contributed by atoms with E-state index in [1.165, 1.54) is 22.3 Å². The van der Waals surface area contributed by atoms with Crippen LogP contribution in [0.5, 0.6) is 0 Å². The van der Waals surface area contributed by atoms with Crippen LogP contribution in [-0.2, 0) is 11.2 Å². The third kappa shape index (κ3) is 2.68. The second-order valence-electron chi connectivity index (χ2n) is 6.49. The van der Waals surface area contributed by atoms with Crippen LogP contribution >= 0.6 is 0 Å². The molecule has 2 rings (SSSR count). The Morgan fingerprint density at radius 3 is 2.32 bits per heavy atom. The molecule has 2 nitrogen and oxygen atoms in total. The van der Waals surface area contributed by atoms with Gasteiger partial charge in [0.2, 0.25) is 0 Å². The number of carbonyl (C=O) groups is 1. The second-order valence-corrected chi connectivity index (χ2v) is 6.49. The van der Waals surface area contributed by atoms with Crippen molar-refractivity contribution in [3.63, 3.8) is 0 Å². The fourth-order valence-corrected chi connectivity index (χ4v) is 3.65. The van der Waals surface area contributed by atoms with Gasteiger partial charge in [0.05, 0.1) is 5.41 Å². The summed E-state index contributed by atoms with van der Waals surface area (Å²) in [6, 6.07) is 4.33. The summed E-state index contributed by atoms with van der Waals surface area (Å²) >= 11 is 0. The van der Waals surface area contributed by atoms with Gasteiger partial charge >= 0.3 is 5.97 Å². The van der Waals surface area contributed by atoms with E-state index >= 15 is 0 Å². The maximum absolute atomic E-state index is 11.8. The van der Waals surface area contributed by atoms with Crippen molar-refractivity contribution < 1.29 is 9.90 Å². The largest absolute Gasteiger partial charge is 0.481 e. The smallest absolute Gasteiger partial charge is 0.309 e. The Kier molecular flexibility index (Phi) is 3.71. The van der Waals surface area contributed by atoms with E-state index in [2.05, 4.69) is 39.8 Å². The maximum atomic E-state index is 11.8. The highest BCUT2D eigenvalue weighted by molar-refractivity contribution is 5.75. The quantitative estimate of drug-likeness (QED) is 0.890. The molecule has 2 atom stereocenters. The lowest BCUT2D eigenvalue weighted by atomic mass is 9.77. The first kappa shape index (κ1) is 14.1. The van der Waals surface area contributed by atoms with Gasteiger partial charge < -0.3 is 5.11 Å². The van der Waals surface area contributed by atoms with Gasteiger partial charge in [-0.15, -0.1) is 0 Å². The normalized spacial score (nSPS) is 26.6. The van der Waals surface area contributed by atoms with Crippen LogP contribution in [-0.4, -0.2) is 11.1 Å². The molecule has 0 spiro atoms. The summed E-state index contributed by atoms with van der Waals surface area (Å²) in [5.41, 5.74) is 4.42. The lowest BCUT2D eigenvalue weighted by Crippen LogP contribution is -2.31. The van der Waals surface area contributed by atoms with E-state index in [1.807, 2.05) is 0 Å². The number of aliphatic carboxylic acids is 1. The van der Waals surface area contributed by atoms with Gasteiger partial charge in [0, 0.05) is 0 Å². The van der Waals surface area contributed by atoms with Crippen molar-refractivity contribution in [3.05, 3.63) is 34.4 Å². The average Bonchev–Trinajstić information content (AvgIpc) is 2.67. The van der Waals surface area contributed by atoms with Crippen molar-refractivity contribution in [1.82, 2.24) is 0 Å². The molecule has 0 bridgehead atoms. The van der Waals surface area contributed by atoms with Gasteiger partial charge in [0.1, 0.15) is 0 Å². The third-order valence-corrected chi connectivity index (χ3v) is 4.66. The van der Waals surface area contributed by atoms with Gasteiger partial charge in [-0.2, -0.15) is 0 Å². The van der Waals surface area contributed by atoms with Crippen LogP contribution in [0.4, 0.5) is 0 Å². The number of hydrogen-bond donors (Lipinski definition) is 1. The van der Waals surface area contributed by atoms with E-state index in [9.17, 15) is 9.90 Å². The van der Waals surface area contributed by atoms with E-state index in [1.54, 1.807) is 0 Å². The molecule has 2 heteroatoms. The molecule has 0 amide bonds. The molecule has 1 aromatic carbocycles. The predicted octanol–water partition coefficient (Wildman–Crippen LogP) is 4.05. The second kappa shape index (κ2) is 4.99. The summed E-state index contributed by atoms with van der Waals surface area (Å²) in [5.74, 6) is -0.0848. The standard InChI is InChI=1S/C17H24O2/c1-11-5-6-17(9-11,16(18)19)10-15-13(3)7-12(2)8-14(15)4/h7-8,11H,5-6,9-10H2,1-4H3,(H,18,19). The molecule has 104 valence electrons. The minimum Gasteiger partial charge on any atom is -0.481 e. The Morgan fingerprint density at radius 2 is 1.89 bits per heavy atom. The van der Waals surface area contributed by atoms with Crippen molar-refractivity contribution in [2.75, 3.05) is 0 Å². The topological polar surface area (TPSA) is 37.3 Å². The van der Waals surface area contributed by atoms with Gasteiger partial charge in [-0.05, 0) is 69.1 Å². The number of benzene rings is 1. The molecular formula is C17H24O2.